The standard InChI is InChI=1S/C26H25ClN2O3/c1-17-19(7-8-20(26(30)31)15-18-5-3-2-4-6-18)9-14-23-25(17)29-24(28-23)16-32-22-12-10-21(27)11-13-22/h2-6,9-14,20H,7-8,15-16H2,1H3,(H,28,29)(H,30,31). The first-order valence-electron chi connectivity index (χ1n) is 10.6. The van der Waals surface area contributed by atoms with Crippen molar-refractivity contribution in [3.05, 3.63) is 94.3 Å². The second kappa shape index (κ2) is 9.88. The summed E-state index contributed by atoms with van der Waals surface area (Å²) in [5.41, 5.74) is 5.07. The Morgan fingerprint density at radius 2 is 1.84 bits per heavy atom. The lowest BCUT2D eigenvalue weighted by Gasteiger charge is -2.13. The van der Waals surface area contributed by atoms with E-state index in [4.69, 9.17) is 21.3 Å². The number of rotatable bonds is 9. The Labute approximate surface area is 192 Å². The molecule has 0 saturated carbocycles. The van der Waals surface area contributed by atoms with Crippen LogP contribution in [0.2, 0.25) is 5.02 Å². The van der Waals surface area contributed by atoms with Gasteiger partial charge in [-0.15, -0.1) is 0 Å². The Balaban J connectivity index is 1.44. The van der Waals surface area contributed by atoms with Crippen LogP contribution in [0.1, 0.15) is 28.9 Å². The number of aliphatic carboxylic acids is 1. The van der Waals surface area contributed by atoms with E-state index in [9.17, 15) is 9.90 Å². The third-order valence-electron chi connectivity index (χ3n) is 5.69. The minimum Gasteiger partial charge on any atom is -0.486 e. The SMILES string of the molecule is Cc1c(CCC(Cc2ccccc2)C(=O)O)ccc2[nH]c(COc3ccc(Cl)cc3)nc12. The summed E-state index contributed by atoms with van der Waals surface area (Å²) >= 11 is 5.91. The molecule has 32 heavy (non-hydrogen) atoms. The second-order valence-corrected chi connectivity index (χ2v) is 8.37. The quantitative estimate of drug-likeness (QED) is 0.330. The highest BCUT2D eigenvalue weighted by atomic mass is 35.5. The van der Waals surface area contributed by atoms with Crippen molar-refractivity contribution in [1.82, 2.24) is 9.97 Å². The number of aromatic nitrogens is 2. The van der Waals surface area contributed by atoms with Crippen molar-refractivity contribution in [3.8, 4) is 5.75 Å². The van der Waals surface area contributed by atoms with Crippen LogP contribution in [-0.2, 0) is 24.2 Å². The van der Waals surface area contributed by atoms with Gasteiger partial charge in [-0.1, -0.05) is 48.0 Å². The number of halogens is 1. The molecule has 0 radical (unpaired) electrons. The minimum atomic E-state index is -0.756. The van der Waals surface area contributed by atoms with Crippen LogP contribution in [0.4, 0.5) is 0 Å². The van der Waals surface area contributed by atoms with Gasteiger partial charge < -0.3 is 14.8 Å². The van der Waals surface area contributed by atoms with E-state index in [2.05, 4.69) is 11.1 Å². The second-order valence-electron chi connectivity index (χ2n) is 7.94. The molecule has 0 saturated heterocycles. The molecule has 2 N–H and O–H groups in total. The molecule has 0 aliphatic carbocycles. The van der Waals surface area contributed by atoms with Crippen molar-refractivity contribution in [2.75, 3.05) is 0 Å². The Morgan fingerprint density at radius 1 is 1.09 bits per heavy atom. The number of carbonyl (C=O) groups is 1. The van der Waals surface area contributed by atoms with Gasteiger partial charge in [-0.05, 0) is 73.2 Å². The third-order valence-corrected chi connectivity index (χ3v) is 5.95. The lowest BCUT2D eigenvalue weighted by Crippen LogP contribution is -2.17. The van der Waals surface area contributed by atoms with Crippen molar-refractivity contribution >= 4 is 28.6 Å². The first kappa shape index (κ1) is 21.9. The summed E-state index contributed by atoms with van der Waals surface area (Å²) in [5.74, 6) is 0.289. The van der Waals surface area contributed by atoms with E-state index >= 15 is 0 Å². The number of carboxylic acids is 1. The molecule has 4 rings (SSSR count). The predicted octanol–water partition coefficient (Wildman–Crippen LogP) is 5.98. The van der Waals surface area contributed by atoms with Gasteiger partial charge in [-0.3, -0.25) is 4.79 Å². The summed E-state index contributed by atoms with van der Waals surface area (Å²) in [7, 11) is 0. The molecule has 0 fully saturated rings. The van der Waals surface area contributed by atoms with Crippen molar-refractivity contribution in [2.45, 2.75) is 32.8 Å². The number of hydrogen-bond acceptors (Lipinski definition) is 3. The summed E-state index contributed by atoms with van der Waals surface area (Å²) in [5, 5.41) is 10.4. The average molecular weight is 449 g/mol. The number of benzene rings is 3. The van der Waals surface area contributed by atoms with Crippen LogP contribution < -0.4 is 4.74 Å². The van der Waals surface area contributed by atoms with E-state index in [1.165, 1.54) is 0 Å². The van der Waals surface area contributed by atoms with Gasteiger partial charge in [0.1, 0.15) is 18.2 Å². The number of hydrogen-bond donors (Lipinski definition) is 2. The zero-order valence-electron chi connectivity index (χ0n) is 17.8. The number of ether oxygens (including phenoxy) is 1. The molecule has 0 amide bonds. The lowest BCUT2D eigenvalue weighted by atomic mass is 9.91. The van der Waals surface area contributed by atoms with Gasteiger partial charge in [0.15, 0.2) is 0 Å². The molecule has 3 aromatic carbocycles. The van der Waals surface area contributed by atoms with Gasteiger partial charge in [-0.2, -0.15) is 0 Å². The normalized spacial score (nSPS) is 12.1. The van der Waals surface area contributed by atoms with Crippen molar-refractivity contribution < 1.29 is 14.6 Å². The van der Waals surface area contributed by atoms with Crippen molar-refractivity contribution in [2.24, 2.45) is 5.92 Å². The summed E-state index contributed by atoms with van der Waals surface area (Å²) in [6, 6.07) is 21.1. The van der Waals surface area contributed by atoms with E-state index in [0.29, 0.717) is 30.9 Å². The monoisotopic (exact) mass is 448 g/mol. The maximum absolute atomic E-state index is 11.8. The maximum atomic E-state index is 11.8. The highest BCUT2D eigenvalue weighted by Crippen LogP contribution is 2.24. The topological polar surface area (TPSA) is 75.2 Å². The maximum Gasteiger partial charge on any atom is 0.306 e. The van der Waals surface area contributed by atoms with E-state index in [1.54, 1.807) is 12.1 Å². The fourth-order valence-electron chi connectivity index (χ4n) is 3.87. The van der Waals surface area contributed by atoms with E-state index in [0.717, 1.165) is 39.3 Å². The fourth-order valence-corrected chi connectivity index (χ4v) is 3.99. The number of aromatic amines is 1. The molecule has 1 atom stereocenters. The number of fused-ring (bicyclic) bond motifs is 1. The van der Waals surface area contributed by atoms with Crippen LogP contribution in [0.5, 0.6) is 5.75 Å². The molecule has 164 valence electrons. The number of aryl methyl sites for hydroxylation is 2. The van der Waals surface area contributed by atoms with Crippen molar-refractivity contribution in [3.63, 3.8) is 0 Å². The zero-order valence-corrected chi connectivity index (χ0v) is 18.6. The Kier molecular flexibility index (Phi) is 6.76. The van der Waals surface area contributed by atoms with Gasteiger partial charge in [0, 0.05) is 5.02 Å². The highest BCUT2D eigenvalue weighted by molar-refractivity contribution is 6.30. The molecule has 0 aliphatic rings. The molecule has 0 aliphatic heterocycles. The molecule has 0 spiro atoms. The van der Waals surface area contributed by atoms with Gasteiger partial charge in [0.25, 0.3) is 0 Å². The van der Waals surface area contributed by atoms with E-state index in [1.807, 2.05) is 55.5 Å². The van der Waals surface area contributed by atoms with E-state index in [-0.39, 0.29) is 0 Å². The first-order valence-corrected chi connectivity index (χ1v) is 11.0. The zero-order chi connectivity index (χ0) is 22.5. The summed E-state index contributed by atoms with van der Waals surface area (Å²) in [4.78, 5) is 19.8. The van der Waals surface area contributed by atoms with Gasteiger partial charge in [0.05, 0.1) is 17.0 Å². The molecule has 0 bridgehead atoms. The largest absolute Gasteiger partial charge is 0.486 e. The van der Waals surface area contributed by atoms with Crippen LogP contribution in [0, 0.1) is 12.8 Å². The number of nitrogens with one attached hydrogen (secondary N) is 1. The Bertz CT molecular complexity index is 1200. The smallest absolute Gasteiger partial charge is 0.306 e. The fraction of sp³-hybridized carbons (Fsp3) is 0.231. The third kappa shape index (κ3) is 5.29. The van der Waals surface area contributed by atoms with Gasteiger partial charge in [-0.25, -0.2) is 4.98 Å². The number of carboxylic acid groups (broad SMARTS) is 1. The predicted molar refractivity (Wildman–Crippen MR) is 126 cm³/mol. The minimum absolute atomic E-state index is 0.323. The summed E-state index contributed by atoms with van der Waals surface area (Å²) in [6.45, 7) is 2.36. The molecule has 1 unspecified atom stereocenters. The van der Waals surface area contributed by atoms with Gasteiger partial charge >= 0.3 is 5.97 Å². The Hall–Kier alpha value is -3.31. The van der Waals surface area contributed by atoms with E-state index < -0.39 is 11.9 Å². The Morgan fingerprint density at radius 3 is 2.56 bits per heavy atom. The number of H-pyrrole nitrogens is 1. The summed E-state index contributed by atoms with van der Waals surface area (Å²) < 4.78 is 5.79. The number of imidazole rings is 1. The molecule has 4 aromatic rings. The average Bonchev–Trinajstić information content (AvgIpc) is 3.22. The molecular weight excluding hydrogens is 424 g/mol. The number of nitrogens with zero attached hydrogens (tertiary/aromatic N) is 1. The van der Waals surface area contributed by atoms with Crippen LogP contribution >= 0.6 is 11.6 Å². The van der Waals surface area contributed by atoms with Crippen LogP contribution in [0.15, 0.2) is 66.7 Å². The van der Waals surface area contributed by atoms with Crippen LogP contribution in [-0.4, -0.2) is 21.0 Å². The highest BCUT2D eigenvalue weighted by Gasteiger charge is 2.19. The van der Waals surface area contributed by atoms with Crippen LogP contribution in [0.3, 0.4) is 0 Å². The lowest BCUT2D eigenvalue weighted by molar-refractivity contribution is -0.141. The first-order chi connectivity index (χ1) is 15.5. The van der Waals surface area contributed by atoms with Crippen molar-refractivity contribution in [1.29, 1.82) is 0 Å². The molecular formula is C26H25ClN2O3. The molecule has 1 aromatic heterocycles. The molecule has 1 heterocycles. The molecule has 5 nitrogen and oxygen atoms in total. The van der Waals surface area contributed by atoms with Gasteiger partial charge in [0.2, 0.25) is 0 Å². The molecule has 6 heteroatoms. The van der Waals surface area contributed by atoms with Crippen LogP contribution in [0.25, 0.3) is 11.0 Å². The summed E-state index contributed by atoms with van der Waals surface area (Å²) in [6.07, 6.45) is 1.80.